The third-order valence-electron chi connectivity index (χ3n) is 4.88. The van der Waals surface area contributed by atoms with Crippen molar-refractivity contribution in [3.05, 3.63) is 59.7 Å². The highest BCUT2D eigenvalue weighted by atomic mass is 32.2. The van der Waals surface area contributed by atoms with Gasteiger partial charge in [0, 0.05) is 36.6 Å². The quantitative estimate of drug-likeness (QED) is 0.698. The van der Waals surface area contributed by atoms with Gasteiger partial charge in [-0.15, -0.1) is 0 Å². The number of Topliss-reactive ketones (excluding diaryl/α,β-unsaturated/α-hetero) is 1. The molecule has 2 aromatic heterocycles. The molecule has 0 radical (unpaired) electrons. The topological polar surface area (TPSA) is 73.2 Å². The largest absolute Gasteiger partial charge is 0.484 e. The molecule has 1 atom stereocenters. The highest BCUT2D eigenvalue weighted by Gasteiger charge is 2.37. The second-order valence-electron chi connectivity index (χ2n) is 7.41. The van der Waals surface area contributed by atoms with Gasteiger partial charge in [-0.3, -0.25) is 9.59 Å². The van der Waals surface area contributed by atoms with E-state index in [1.54, 1.807) is 13.1 Å². The summed E-state index contributed by atoms with van der Waals surface area (Å²) < 4.78 is 21.3. The second kappa shape index (κ2) is 7.51. The van der Waals surface area contributed by atoms with Crippen LogP contribution < -0.4 is 10.1 Å². The standard InChI is InChI=1S/C21H20FN3O3S/c1-21(9-17(26)16-4-3-15(22)8-18(16)28-21)12-24-20(27)29-11-13-7-14-5-6-25(2)19(14)23-10-13/h3-8,10H,9,11-12H2,1-2H3,(H,24,27). The number of amides is 1. The van der Waals surface area contributed by atoms with Crippen LogP contribution in [0.25, 0.3) is 11.0 Å². The Morgan fingerprint density at radius 3 is 3.03 bits per heavy atom. The fourth-order valence-corrected chi connectivity index (χ4v) is 4.01. The first kappa shape index (κ1) is 19.4. The molecule has 29 heavy (non-hydrogen) atoms. The predicted octanol–water partition coefficient (Wildman–Crippen LogP) is 4.08. The zero-order valence-electron chi connectivity index (χ0n) is 16.1. The van der Waals surface area contributed by atoms with Gasteiger partial charge < -0.3 is 14.6 Å². The van der Waals surface area contributed by atoms with Gasteiger partial charge in [0.1, 0.15) is 22.8 Å². The number of nitrogens with one attached hydrogen (secondary N) is 1. The highest BCUT2D eigenvalue weighted by Crippen LogP contribution is 2.33. The van der Waals surface area contributed by atoms with Gasteiger partial charge in [-0.25, -0.2) is 9.37 Å². The molecule has 0 saturated heterocycles. The summed E-state index contributed by atoms with van der Waals surface area (Å²) in [5, 5.41) is 3.60. The Hall–Kier alpha value is -2.87. The number of halogens is 1. The molecule has 3 heterocycles. The lowest BCUT2D eigenvalue weighted by molar-refractivity contribution is 0.0535. The number of fused-ring (bicyclic) bond motifs is 2. The fraction of sp³-hybridized carbons (Fsp3) is 0.286. The summed E-state index contributed by atoms with van der Waals surface area (Å²) in [4.78, 5) is 29.0. The summed E-state index contributed by atoms with van der Waals surface area (Å²) in [5.41, 5.74) is 1.29. The van der Waals surface area contributed by atoms with E-state index in [1.165, 1.54) is 18.2 Å². The molecule has 1 aliphatic rings. The lowest BCUT2D eigenvalue weighted by Crippen LogP contribution is -2.48. The minimum Gasteiger partial charge on any atom is -0.484 e. The first-order valence-electron chi connectivity index (χ1n) is 9.15. The third-order valence-corrected chi connectivity index (χ3v) is 5.76. The number of thioether (sulfide) groups is 1. The van der Waals surface area contributed by atoms with E-state index in [0.717, 1.165) is 28.4 Å². The van der Waals surface area contributed by atoms with Crippen LogP contribution in [-0.2, 0) is 12.8 Å². The minimum atomic E-state index is -0.918. The summed E-state index contributed by atoms with van der Waals surface area (Å²) in [6.07, 6.45) is 3.82. The first-order valence-corrected chi connectivity index (χ1v) is 10.1. The van der Waals surface area contributed by atoms with Crippen LogP contribution in [0.1, 0.15) is 29.3 Å². The van der Waals surface area contributed by atoms with Gasteiger partial charge in [-0.1, -0.05) is 11.8 Å². The second-order valence-corrected chi connectivity index (χ2v) is 8.35. The number of hydrogen-bond acceptors (Lipinski definition) is 5. The van der Waals surface area contributed by atoms with Crippen molar-refractivity contribution in [1.82, 2.24) is 14.9 Å². The molecule has 6 nitrogen and oxygen atoms in total. The van der Waals surface area contributed by atoms with Crippen LogP contribution in [0.2, 0.25) is 0 Å². The smallest absolute Gasteiger partial charge is 0.279 e. The maximum atomic E-state index is 13.5. The molecule has 0 saturated carbocycles. The van der Waals surface area contributed by atoms with Crippen LogP contribution in [-0.4, -0.2) is 32.7 Å². The molecule has 1 amide bonds. The van der Waals surface area contributed by atoms with Crippen molar-refractivity contribution in [2.45, 2.75) is 24.7 Å². The van der Waals surface area contributed by atoms with Gasteiger partial charge >= 0.3 is 0 Å². The molecule has 0 aliphatic carbocycles. The SMILES string of the molecule is Cn1ccc2cc(CSC(=O)NCC3(C)CC(=O)c4ccc(F)cc4O3)cnc21. The van der Waals surface area contributed by atoms with Crippen LogP contribution in [0.5, 0.6) is 5.75 Å². The normalized spacial score (nSPS) is 18.4. The summed E-state index contributed by atoms with van der Waals surface area (Å²) in [5.74, 6) is 0.101. The van der Waals surface area contributed by atoms with Crippen LogP contribution in [0, 0.1) is 5.82 Å². The zero-order valence-corrected chi connectivity index (χ0v) is 16.9. The Morgan fingerprint density at radius 1 is 1.38 bits per heavy atom. The Bertz CT molecular complexity index is 1110. The molecular formula is C21H20FN3O3S. The number of benzene rings is 1. The van der Waals surface area contributed by atoms with E-state index in [-0.39, 0.29) is 29.7 Å². The first-order chi connectivity index (χ1) is 13.8. The zero-order chi connectivity index (χ0) is 20.6. The Labute approximate surface area is 171 Å². The Morgan fingerprint density at radius 2 is 2.21 bits per heavy atom. The molecule has 8 heteroatoms. The molecule has 3 aromatic rings. The number of pyridine rings is 1. The number of rotatable bonds is 4. The van der Waals surface area contributed by atoms with Gasteiger partial charge in [-0.2, -0.15) is 0 Å². The number of aryl methyl sites for hydroxylation is 1. The molecule has 0 spiro atoms. The fourth-order valence-electron chi connectivity index (χ4n) is 3.38. The summed E-state index contributed by atoms with van der Waals surface area (Å²) in [6, 6.07) is 7.86. The Kier molecular flexibility index (Phi) is 5.04. The van der Waals surface area contributed by atoms with Crippen molar-refractivity contribution in [1.29, 1.82) is 0 Å². The monoisotopic (exact) mass is 413 g/mol. The van der Waals surface area contributed by atoms with Gasteiger partial charge in [-0.05, 0) is 36.8 Å². The lowest BCUT2D eigenvalue weighted by atomic mass is 9.91. The number of hydrogen-bond donors (Lipinski definition) is 1. The van der Waals surface area contributed by atoms with E-state index < -0.39 is 11.4 Å². The van der Waals surface area contributed by atoms with Crippen molar-refractivity contribution in [3.8, 4) is 5.75 Å². The van der Waals surface area contributed by atoms with E-state index in [4.69, 9.17) is 4.74 Å². The van der Waals surface area contributed by atoms with Crippen molar-refractivity contribution >= 4 is 33.8 Å². The van der Waals surface area contributed by atoms with Crippen molar-refractivity contribution in [2.24, 2.45) is 7.05 Å². The minimum absolute atomic E-state index is 0.116. The predicted molar refractivity (Wildman–Crippen MR) is 110 cm³/mol. The highest BCUT2D eigenvalue weighted by molar-refractivity contribution is 8.12. The van der Waals surface area contributed by atoms with Crippen LogP contribution in [0.3, 0.4) is 0 Å². The van der Waals surface area contributed by atoms with Crippen molar-refractivity contribution < 1.29 is 18.7 Å². The number of nitrogens with zero attached hydrogens (tertiary/aromatic N) is 2. The van der Waals surface area contributed by atoms with E-state index in [0.29, 0.717) is 11.3 Å². The van der Waals surface area contributed by atoms with Crippen LogP contribution in [0.15, 0.2) is 42.7 Å². The van der Waals surface area contributed by atoms with Gasteiger partial charge in [0.15, 0.2) is 5.78 Å². The van der Waals surface area contributed by atoms with E-state index in [2.05, 4.69) is 10.3 Å². The summed E-state index contributed by atoms with van der Waals surface area (Å²) in [7, 11) is 1.93. The Balaban J connectivity index is 1.34. The summed E-state index contributed by atoms with van der Waals surface area (Å²) >= 11 is 1.12. The molecule has 4 rings (SSSR count). The summed E-state index contributed by atoms with van der Waals surface area (Å²) in [6.45, 7) is 1.88. The van der Waals surface area contributed by atoms with E-state index >= 15 is 0 Å². The average Bonchev–Trinajstić information content (AvgIpc) is 3.04. The molecule has 1 aliphatic heterocycles. The molecule has 0 bridgehead atoms. The lowest BCUT2D eigenvalue weighted by Gasteiger charge is -2.34. The number of aromatic nitrogens is 2. The number of ketones is 1. The maximum Gasteiger partial charge on any atom is 0.279 e. The van der Waals surface area contributed by atoms with Gasteiger partial charge in [0.25, 0.3) is 5.24 Å². The van der Waals surface area contributed by atoms with Gasteiger partial charge in [0.05, 0.1) is 18.5 Å². The maximum absolute atomic E-state index is 13.5. The molecule has 1 unspecified atom stereocenters. The molecule has 1 N–H and O–H groups in total. The van der Waals surface area contributed by atoms with E-state index in [1.807, 2.05) is 29.9 Å². The molecule has 0 fully saturated rings. The number of carbonyl (C=O) groups is 2. The van der Waals surface area contributed by atoms with Crippen LogP contribution >= 0.6 is 11.8 Å². The van der Waals surface area contributed by atoms with Crippen molar-refractivity contribution in [3.63, 3.8) is 0 Å². The number of carbonyl (C=O) groups excluding carboxylic acids is 2. The van der Waals surface area contributed by atoms with Gasteiger partial charge in [0.2, 0.25) is 0 Å². The van der Waals surface area contributed by atoms with Crippen molar-refractivity contribution in [2.75, 3.05) is 6.54 Å². The average molecular weight is 413 g/mol. The van der Waals surface area contributed by atoms with E-state index in [9.17, 15) is 14.0 Å². The van der Waals surface area contributed by atoms with Crippen LogP contribution in [0.4, 0.5) is 9.18 Å². The third kappa shape index (κ3) is 4.12. The molecule has 1 aromatic carbocycles. The number of ether oxygens (including phenoxy) is 1. The molecule has 150 valence electrons. The molecular weight excluding hydrogens is 393 g/mol.